The molecule has 1 aliphatic heterocycles. The number of rotatable bonds is 3. The van der Waals surface area contributed by atoms with Gasteiger partial charge >= 0.3 is 5.69 Å². The number of hydrogen-bond donors (Lipinski definition) is 0. The summed E-state index contributed by atoms with van der Waals surface area (Å²) in [5, 5.41) is 0.223. The first-order valence-electron chi connectivity index (χ1n) is 6.33. The highest BCUT2D eigenvalue weighted by molar-refractivity contribution is 6.29. The molecule has 4 nitrogen and oxygen atoms in total. The number of aryl methyl sites for hydroxylation is 1. The first-order chi connectivity index (χ1) is 9.69. The Bertz CT molecular complexity index is 737. The molecule has 0 atom stereocenters. The standard InChI is InChI=1S/C15H13ClN2O2/c1-2-7-20-11-3-4-12-10(8-11)5-6-18-13(12)9-14(16)17-15(18)19/h2-4,8-9H,1,5-7H2. The second-order valence-electron chi connectivity index (χ2n) is 4.57. The molecule has 0 saturated carbocycles. The van der Waals surface area contributed by atoms with Crippen molar-refractivity contribution < 1.29 is 4.74 Å². The van der Waals surface area contributed by atoms with Gasteiger partial charge in [0.25, 0.3) is 0 Å². The lowest BCUT2D eigenvalue weighted by Crippen LogP contribution is -2.28. The molecule has 0 N–H and O–H groups in total. The fourth-order valence-electron chi connectivity index (χ4n) is 2.42. The van der Waals surface area contributed by atoms with Crippen LogP contribution in [0.2, 0.25) is 5.15 Å². The molecule has 1 aromatic heterocycles. The van der Waals surface area contributed by atoms with Crippen molar-refractivity contribution in [1.82, 2.24) is 9.55 Å². The second kappa shape index (κ2) is 5.13. The van der Waals surface area contributed by atoms with E-state index in [1.807, 2.05) is 18.2 Å². The first-order valence-corrected chi connectivity index (χ1v) is 6.71. The summed E-state index contributed by atoms with van der Waals surface area (Å²) in [6.07, 6.45) is 2.48. The Morgan fingerprint density at radius 2 is 2.30 bits per heavy atom. The Hall–Kier alpha value is -2.07. The number of hydrogen-bond acceptors (Lipinski definition) is 3. The lowest BCUT2D eigenvalue weighted by molar-refractivity contribution is 0.362. The highest BCUT2D eigenvalue weighted by Gasteiger charge is 2.18. The van der Waals surface area contributed by atoms with Crippen molar-refractivity contribution in [2.24, 2.45) is 0 Å². The summed E-state index contributed by atoms with van der Waals surface area (Å²) in [4.78, 5) is 15.6. The topological polar surface area (TPSA) is 44.1 Å². The van der Waals surface area contributed by atoms with Crippen LogP contribution in [0.5, 0.6) is 5.75 Å². The maximum absolute atomic E-state index is 11.8. The molecule has 0 aliphatic carbocycles. The zero-order valence-electron chi connectivity index (χ0n) is 10.8. The predicted molar refractivity (Wildman–Crippen MR) is 78.3 cm³/mol. The number of ether oxygens (including phenoxy) is 1. The lowest BCUT2D eigenvalue weighted by atomic mass is 9.97. The largest absolute Gasteiger partial charge is 0.490 e. The van der Waals surface area contributed by atoms with Crippen LogP contribution in [0.4, 0.5) is 0 Å². The number of nitrogens with zero attached hydrogens (tertiary/aromatic N) is 2. The van der Waals surface area contributed by atoms with Gasteiger partial charge in [-0.05, 0) is 30.2 Å². The van der Waals surface area contributed by atoms with Gasteiger partial charge in [-0.15, -0.1) is 0 Å². The van der Waals surface area contributed by atoms with Crippen LogP contribution in [0.25, 0.3) is 11.3 Å². The molecule has 0 radical (unpaired) electrons. The van der Waals surface area contributed by atoms with Crippen molar-refractivity contribution in [3.05, 3.63) is 58.1 Å². The maximum Gasteiger partial charge on any atom is 0.349 e. The summed E-state index contributed by atoms with van der Waals surface area (Å²) in [7, 11) is 0. The number of benzene rings is 1. The fourth-order valence-corrected chi connectivity index (χ4v) is 2.60. The third-order valence-electron chi connectivity index (χ3n) is 3.31. The van der Waals surface area contributed by atoms with Gasteiger partial charge in [0, 0.05) is 18.2 Å². The van der Waals surface area contributed by atoms with Gasteiger partial charge in [-0.2, -0.15) is 4.98 Å². The number of halogens is 1. The van der Waals surface area contributed by atoms with Gasteiger partial charge in [0.15, 0.2) is 0 Å². The van der Waals surface area contributed by atoms with Gasteiger partial charge in [0.05, 0.1) is 5.69 Å². The van der Waals surface area contributed by atoms with E-state index in [-0.39, 0.29) is 10.8 Å². The minimum absolute atomic E-state index is 0.223. The highest BCUT2D eigenvalue weighted by atomic mass is 35.5. The zero-order valence-corrected chi connectivity index (χ0v) is 11.6. The Morgan fingerprint density at radius 3 is 3.10 bits per heavy atom. The summed E-state index contributed by atoms with van der Waals surface area (Å²) in [6.45, 7) is 4.71. The minimum Gasteiger partial charge on any atom is -0.490 e. The SMILES string of the molecule is C=CCOc1ccc2c(c1)CCn1c-2cc(Cl)nc1=O. The monoisotopic (exact) mass is 288 g/mol. The van der Waals surface area contributed by atoms with Crippen molar-refractivity contribution in [2.45, 2.75) is 13.0 Å². The Labute approximate surface area is 121 Å². The van der Waals surface area contributed by atoms with Crippen LogP contribution in [0.15, 0.2) is 41.7 Å². The van der Waals surface area contributed by atoms with Gasteiger partial charge in [0.1, 0.15) is 17.5 Å². The molecule has 0 spiro atoms. The van der Waals surface area contributed by atoms with E-state index in [1.165, 1.54) is 0 Å². The molecule has 0 fully saturated rings. The number of aromatic nitrogens is 2. The van der Waals surface area contributed by atoms with Crippen LogP contribution in [-0.2, 0) is 13.0 Å². The van der Waals surface area contributed by atoms with E-state index in [0.717, 1.165) is 29.0 Å². The molecule has 0 bridgehead atoms. The quantitative estimate of drug-likeness (QED) is 0.644. The Balaban J connectivity index is 2.08. The fraction of sp³-hybridized carbons (Fsp3) is 0.200. The summed E-state index contributed by atoms with van der Waals surface area (Å²) < 4.78 is 7.18. The van der Waals surface area contributed by atoms with Gasteiger partial charge in [-0.25, -0.2) is 4.79 Å². The molecule has 102 valence electrons. The smallest absolute Gasteiger partial charge is 0.349 e. The van der Waals surface area contributed by atoms with E-state index in [1.54, 1.807) is 16.7 Å². The van der Waals surface area contributed by atoms with E-state index in [0.29, 0.717) is 13.2 Å². The average Bonchev–Trinajstić information content (AvgIpc) is 2.44. The molecule has 0 unspecified atom stereocenters. The van der Waals surface area contributed by atoms with Gasteiger partial charge in [-0.1, -0.05) is 24.3 Å². The molecular weight excluding hydrogens is 276 g/mol. The lowest BCUT2D eigenvalue weighted by Gasteiger charge is -2.21. The highest BCUT2D eigenvalue weighted by Crippen LogP contribution is 2.31. The maximum atomic E-state index is 11.8. The molecule has 2 heterocycles. The number of fused-ring (bicyclic) bond motifs is 3. The predicted octanol–water partition coefficient (Wildman–Crippen LogP) is 2.68. The molecule has 5 heteroatoms. The molecule has 20 heavy (non-hydrogen) atoms. The summed E-state index contributed by atoms with van der Waals surface area (Å²) in [5.41, 5.74) is 2.66. The molecular formula is C15H13ClN2O2. The van der Waals surface area contributed by atoms with Crippen LogP contribution in [0.1, 0.15) is 5.56 Å². The van der Waals surface area contributed by atoms with Crippen LogP contribution >= 0.6 is 11.6 Å². The molecule has 0 saturated heterocycles. The van der Waals surface area contributed by atoms with Gasteiger partial charge < -0.3 is 4.74 Å². The van der Waals surface area contributed by atoms with Gasteiger partial charge in [0.2, 0.25) is 0 Å². The third kappa shape index (κ3) is 2.23. The average molecular weight is 289 g/mol. The first kappa shape index (κ1) is 12.9. The molecule has 0 amide bonds. The third-order valence-corrected chi connectivity index (χ3v) is 3.50. The van der Waals surface area contributed by atoms with E-state index in [2.05, 4.69) is 11.6 Å². The second-order valence-corrected chi connectivity index (χ2v) is 4.95. The summed E-state index contributed by atoms with van der Waals surface area (Å²) in [6, 6.07) is 7.57. The van der Waals surface area contributed by atoms with Crippen molar-refractivity contribution in [1.29, 1.82) is 0 Å². The van der Waals surface area contributed by atoms with Crippen LogP contribution in [0.3, 0.4) is 0 Å². The zero-order chi connectivity index (χ0) is 14.1. The summed E-state index contributed by atoms with van der Waals surface area (Å²) in [5.74, 6) is 0.805. The molecule has 1 aliphatic rings. The normalized spacial score (nSPS) is 12.4. The van der Waals surface area contributed by atoms with Crippen molar-refractivity contribution >= 4 is 11.6 Å². The summed E-state index contributed by atoms with van der Waals surface area (Å²) >= 11 is 5.89. The Kier molecular flexibility index (Phi) is 3.32. The molecule has 1 aromatic carbocycles. The van der Waals surface area contributed by atoms with E-state index in [9.17, 15) is 4.79 Å². The van der Waals surface area contributed by atoms with Gasteiger partial charge in [-0.3, -0.25) is 4.57 Å². The van der Waals surface area contributed by atoms with Crippen LogP contribution in [0, 0.1) is 0 Å². The van der Waals surface area contributed by atoms with Crippen molar-refractivity contribution in [3.8, 4) is 17.0 Å². The van der Waals surface area contributed by atoms with Crippen molar-refractivity contribution in [3.63, 3.8) is 0 Å². The minimum atomic E-state index is -0.301. The van der Waals surface area contributed by atoms with E-state index >= 15 is 0 Å². The molecule has 2 aromatic rings. The van der Waals surface area contributed by atoms with E-state index < -0.39 is 0 Å². The van der Waals surface area contributed by atoms with E-state index in [4.69, 9.17) is 16.3 Å². The van der Waals surface area contributed by atoms with Crippen LogP contribution < -0.4 is 10.4 Å². The van der Waals surface area contributed by atoms with Crippen molar-refractivity contribution in [2.75, 3.05) is 6.61 Å². The Morgan fingerprint density at radius 1 is 1.45 bits per heavy atom. The molecule has 3 rings (SSSR count). The van der Waals surface area contributed by atoms with Crippen LogP contribution in [-0.4, -0.2) is 16.2 Å².